The molecule has 1 aromatic carbocycles. The average molecular weight is 235 g/mol. The van der Waals surface area contributed by atoms with Gasteiger partial charge in [0.2, 0.25) is 0 Å². The highest BCUT2D eigenvalue weighted by atomic mass is 16.5. The third kappa shape index (κ3) is 5.85. The van der Waals surface area contributed by atoms with E-state index in [-0.39, 0.29) is 6.61 Å². The maximum Gasteiger partial charge on any atom is 0.142 e. The summed E-state index contributed by atoms with van der Waals surface area (Å²) < 4.78 is 5.47. The first-order valence-electron chi connectivity index (χ1n) is 5.53. The Morgan fingerprint density at radius 1 is 1.24 bits per heavy atom. The number of nitrogens with one attached hydrogen (secondary N) is 1. The summed E-state index contributed by atoms with van der Waals surface area (Å²) in [6.07, 6.45) is 3.94. The molecule has 0 aromatic heterocycles. The molecule has 0 bridgehead atoms. The van der Waals surface area contributed by atoms with Crippen LogP contribution in [0.5, 0.6) is 5.75 Å². The Labute approximate surface area is 101 Å². The van der Waals surface area contributed by atoms with E-state index in [0.29, 0.717) is 19.7 Å². The molecule has 0 aliphatic rings. The fourth-order valence-corrected chi connectivity index (χ4v) is 1.27. The number of aldehydes is 1. The third-order valence-electron chi connectivity index (χ3n) is 2.08. The molecule has 4 nitrogen and oxygen atoms in total. The lowest BCUT2D eigenvalue weighted by Crippen LogP contribution is -2.23. The Morgan fingerprint density at radius 2 is 2.00 bits per heavy atom. The fraction of sp³-hybridized carbons (Fsp3) is 0.308. The van der Waals surface area contributed by atoms with E-state index in [9.17, 15) is 4.79 Å². The minimum atomic E-state index is 0.137. The summed E-state index contributed by atoms with van der Waals surface area (Å²) in [5, 5.41) is 11.6. The van der Waals surface area contributed by atoms with Gasteiger partial charge in [0.25, 0.3) is 0 Å². The number of allylic oxidation sites excluding steroid dienone is 1. The minimum Gasteiger partial charge on any atom is -0.492 e. The van der Waals surface area contributed by atoms with Gasteiger partial charge in [0, 0.05) is 13.1 Å². The number of aliphatic hydroxyl groups is 1. The van der Waals surface area contributed by atoms with Crippen molar-refractivity contribution in [2.75, 3.05) is 26.3 Å². The SMILES string of the molecule is O=C/C=C/c1ccc(OCCNCCO)cc1. The van der Waals surface area contributed by atoms with E-state index in [1.807, 2.05) is 24.3 Å². The van der Waals surface area contributed by atoms with Gasteiger partial charge in [0.1, 0.15) is 18.6 Å². The Bertz CT molecular complexity index is 346. The smallest absolute Gasteiger partial charge is 0.142 e. The number of hydrogen-bond acceptors (Lipinski definition) is 4. The van der Waals surface area contributed by atoms with Gasteiger partial charge in [-0.05, 0) is 23.8 Å². The number of rotatable bonds is 8. The highest BCUT2D eigenvalue weighted by molar-refractivity contribution is 5.73. The van der Waals surface area contributed by atoms with Crippen molar-refractivity contribution in [3.63, 3.8) is 0 Å². The van der Waals surface area contributed by atoms with Gasteiger partial charge in [-0.15, -0.1) is 0 Å². The maximum absolute atomic E-state index is 10.1. The van der Waals surface area contributed by atoms with Crippen molar-refractivity contribution >= 4 is 12.4 Å². The predicted octanol–water partition coefficient (Wildman–Crippen LogP) is 0.859. The molecule has 0 fully saturated rings. The lowest BCUT2D eigenvalue weighted by molar-refractivity contribution is -0.104. The van der Waals surface area contributed by atoms with E-state index in [1.54, 1.807) is 6.08 Å². The lowest BCUT2D eigenvalue weighted by atomic mass is 10.2. The molecule has 0 saturated carbocycles. The standard InChI is InChI=1S/C13H17NO3/c15-9-1-2-12-3-5-13(6-4-12)17-11-8-14-7-10-16/h1-6,9,14,16H,7-8,10-11H2/b2-1+. The van der Waals surface area contributed by atoms with E-state index < -0.39 is 0 Å². The van der Waals surface area contributed by atoms with Gasteiger partial charge in [-0.25, -0.2) is 0 Å². The van der Waals surface area contributed by atoms with Crippen LogP contribution in [0, 0.1) is 0 Å². The largest absolute Gasteiger partial charge is 0.492 e. The van der Waals surface area contributed by atoms with Crippen LogP contribution in [0.4, 0.5) is 0 Å². The van der Waals surface area contributed by atoms with E-state index in [2.05, 4.69) is 5.32 Å². The van der Waals surface area contributed by atoms with Crippen LogP contribution in [-0.2, 0) is 4.79 Å². The molecule has 0 aliphatic heterocycles. The number of hydrogen-bond donors (Lipinski definition) is 2. The van der Waals surface area contributed by atoms with Crippen molar-refractivity contribution in [1.29, 1.82) is 0 Å². The summed E-state index contributed by atoms with van der Waals surface area (Å²) in [7, 11) is 0. The van der Waals surface area contributed by atoms with Gasteiger partial charge in [0.15, 0.2) is 0 Å². The Balaban J connectivity index is 2.30. The first-order chi connectivity index (χ1) is 8.36. The Morgan fingerprint density at radius 3 is 2.65 bits per heavy atom. The quantitative estimate of drug-likeness (QED) is 0.398. The summed E-state index contributed by atoms with van der Waals surface area (Å²) >= 11 is 0. The van der Waals surface area contributed by atoms with E-state index in [0.717, 1.165) is 17.6 Å². The second-order valence-corrected chi connectivity index (χ2v) is 3.39. The summed E-state index contributed by atoms with van der Waals surface area (Å²) in [6, 6.07) is 7.49. The van der Waals surface area contributed by atoms with Crippen molar-refractivity contribution in [3.8, 4) is 5.75 Å². The van der Waals surface area contributed by atoms with Crippen molar-refractivity contribution in [2.24, 2.45) is 0 Å². The van der Waals surface area contributed by atoms with Crippen LogP contribution < -0.4 is 10.1 Å². The Kier molecular flexibility index (Phi) is 6.70. The van der Waals surface area contributed by atoms with Gasteiger partial charge in [-0.2, -0.15) is 0 Å². The zero-order valence-corrected chi connectivity index (χ0v) is 9.63. The average Bonchev–Trinajstić information content (AvgIpc) is 2.37. The molecule has 0 unspecified atom stereocenters. The van der Waals surface area contributed by atoms with Crippen LogP contribution in [0.25, 0.3) is 6.08 Å². The molecule has 2 N–H and O–H groups in total. The molecule has 0 spiro atoms. The summed E-state index contributed by atoms with van der Waals surface area (Å²) in [4.78, 5) is 10.1. The summed E-state index contributed by atoms with van der Waals surface area (Å²) in [6.45, 7) is 1.98. The van der Waals surface area contributed by atoms with E-state index in [4.69, 9.17) is 9.84 Å². The highest BCUT2D eigenvalue weighted by Gasteiger charge is 1.93. The van der Waals surface area contributed by atoms with Crippen LogP contribution in [0.3, 0.4) is 0 Å². The molecule has 0 aliphatic carbocycles. The number of aliphatic hydroxyl groups excluding tert-OH is 1. The maximum atomic E-state index is 10.1. The van der Waals surface area contributed by atoms with Crippen molar-refractivity contribution in [2.45, 2.75) is 0 Å². The molecule has 0 heterocycles. The molecule has 0 saturated heterocycles. The van der Waals surface area contributed by atoms with Crippen molar-refractivity contribution < 1.29 is 14.6 Å². The molecule has 0 amide bonds. The van der Waals surface area contributed by atoms with Crippen LogP contribution in [-0.4, -0.2) is 37.7 Å². The molecule has 1 aromatic rings. The van der Waals surface area contributed by atoms with Crippen LogP contribution in [0.2, 0.25) is 0 Å². The number of carbonyl (C=O) groups is 1. The predicted molar refractivity (Wildman–Crippen MR) is 67.0 cm³/mol. The van der Waals surface area contributed by atoms with Gasteiger partial charge in [-0.3, -0.25) is 4.79 Å². The zero-order valence-electron chi connectivity index (χ0n) is 9.63. The third-order valence-corrected chi connectivity index (χ3v) is 2.08. The fourth-order valence-electron chi connectivity index (χ4n) is 1.27. The topological polar surface area (TPSA) is 58.6 Å². The number of benzene rings is 1. The summed E-state index contributed by atoms with van der Waals surface area (Å²) in [5.41, 5.74) is 0.961. The van der Waals surface area contributed by atoms with Crippen molar-refractivity contribution in [1.82, 2.24) is 5.32 Å². The molecule has 92 valence electrons. The molecule has 0 radical (unpaired) electrons. The molecular weight excluding hydrogens is 218 g/mol. The van der Waals surface area contributed by atoms with Crippen LogP contribution >= 0.6 is 0 Å². The molecule has 17 heavy (non-hydrogen) atoms. The molecular formula is C13H17NO3. The van der Waals surface area contributed by atoms with Crippen molar-refractivity contribution in [3.05, 3.63) is 35.9 Å². The first-order valence-corrected chi connectivity index (χ1v) is 5.53. The lowest BCUT2D eigenvalue weighted by Gasteiger charge is -2.06. The normalized spacial score (nSPS) is 10.6. The highest BCUT2D eigenvalue weighted by Crippen LogP contribution is 2.12. The second-order valence-electron chi connectivity index (χ2n) is 3.39. The van der Waals surface area contributed by atoms with Crippen LogP contribution in [0.15, 0.2) is 30.3 Å². The molecule has 0 atom stereocenters. The summed E-state index contributed by atoms with van der Waals surface area (Å²) in [5.74, 6) is 0.791. The molecule has 4 heteroatoms. The van der Waals surface area contributed by atoms with Gasteiger partial charge < -0.3 is 15.2 Å². The van der Waals surface area contributed by atoms with Gasteiger partial charge in [-0.1, -0.05) is 18.2 Å². The number of carbonyl (C=O) groups excluding carboxylic acids is 1. The van der Waals surface area contributed by atoms with Gasteiger partial charge >= 0.3 is 0 Å². The Hall–Kier alpha value is -1.65. The monoisotopic (exact) mass is 235 g/mol. The first kappa shape index (κ1) is 13.4. The minimum absolute atomic E-state index is 0.137. The van der Waals surface area contributed by atoms with E-state index >= 15 is 0 Å². The second kappa shape index (κ2) is 8.50. The molecule has 1 rings (SSSR count). The zero-order chi connectivity index (χ0) is 12.3. The van der Waals surface area contributed by atoms with Gasteiger partial charge in [0.05, 0.1) is 6.61 Å². The van der Waals surface area contributed by atoms with E-state index in [1.165, 1.54) is 6.08 Å². The van der Waals surface area contributed by atoms with Crippen LogP contribution in [0.1, 0.15) is 5.56 Å². The number of ether oxygens (including phenoxy) is 1.